The quantitative estimate of drug-likeness (QED) is 0.591. The van der Waals surface area contributed by atoms with Gasteiger partial charge in [0.05, 0.1) is 22.4 Å². The van der Waals surface area contributed by atoms with Crippen LogP contribution in [0.1, 0.15) is 34.2 Å². The summed E-state index contributed by atoms with van der Waals surface area (Å²) in [5, 5.41) is 9.27. The Morgan fingerprint density at radius 2 is 2.12 bits per heavy atom. The molecular formula is C17H18N6O. The Hall–Kier alpha value is -3.09. The predicted octanol–water partition coefficient (Wildman–Crippen LogP) is 2.13. The van der Waals surface area contributed by atoms with Gasteiger partial charge in [0.15, 0.2) is 5.65 Å². The van der Waals surface area contributed by atoms with Gasteiger partial charge in [-0.15, -0.1) is 0 Å². The minimum atomic E-state index is -0.287. The summed E-state index contributed by atoms with van der Waals surface area (Å²) in [5.41, 5.74) is 6.87. The standard InChI is InChI=1S/C17H18N6O/c1-10-8-14(15-12(3)22-23(4)16(15)19-10)17(24)21-20-11(2)13-6-5-7-18-9-13/h5-9H,1-4H3,(H,21,24). The van der Waals surface area contributed by atoms with Crippen LogP contribution in [0.25, 0.3) is 11.0 Å². The molecule has 0 spiro atoms. The summed E-state index contributed by atoms with van der Waals surface area (Å²) in [7, 11) is 1.81. The molecule has 0 bridgehead atoms. The zero-order chi connectivity index (χ0) is 17.3. The van der Waals surface area contributed by atoms with Crippen LogP contribution in [0.15, 0.2) is 35.7 Å². The molecule has 0 saturated heterocycles. The number of pyridine rings is 2. The second-order valence-corrected chi connectivity index (χ2v) is 5.60. The first-order valence-corrected chi connectivity index (χ1v) is 7.53. The summed E-state index contributed by atoms with van der Waals surface area (Å²) in [6.45, 7) is 5.53. The van der Waals surface area contributed by atoms with Gasteiger partial charge in [-0.3, -0.25) is 14.5 Å². The molecule has 0 aromatic carbocycles. The van der Waals surface area contributed by atoms with Crippen molar-refractivity contribution < 1.29 is 4.79 Å². The maximum absolute atomic E-state index is 12.6. The first kappa shape index (κ1) is 15.8. The number of carbonyl (C=O) groups is 1. The maximum Gasteiger partial charge on any atom is 0.272 e. The van der Waals surface area contributed by atoms with Crippen LogP contribution in [-0.4, -0.2) is 31.4 Å². The van der Waals surface area contributed by atoms with E-state index in [9.17, 15) is 4.79 Å². The van der Waals surface area contributed by atoms with Crippen molar-refractivity contribution in [3.63, 3.8) is 0 Å². The molecule has 0 unspecified atom stereocenters. The summed E-state index contributed by atoms with van der Waals surface area (Å²) in [5.74, 6) is -0.287. The number of hydrazone groups is 1. The molecule has 7 heteroatoms. The van der Waals surface area contributed by atoms with Gasteiger partial charge in [0.1, 0.15) is 0 Å². The van der Waals surface area contributed by atoms with E-state index in [0.717, 1.165) is 22.3 Å². The molecule has 1 N–H and O–H groups in total. The lowest BCUT2D eigenvalue weighted by atomic mass is 10.1. The lowest BCUT2D eigenvalue weighted by molar-refractivity contribution is 0.0956. The van der Waals surface area contributed by atoms with Gasteiger partial charge in [0.25, 0.3) is 5.91 Å². The summed E-state index contributed by atoms with van der Waals surface area (Å²) in [6.07, 6.45) is 3.39. The van der Waals surface area contributed by atoms with Crippen molar-refractivity contribution in [1.82, 2.24) is 25.2 Å². The second-order valence-electron chi connectivity index (χ2n) is 5.60. The van der Waals surface area contributed by atoms with Gasteiger partial charge >= 0.3 is 0 Å². The average molecular weight is 322 g/mol. The highest BCUT2D eigenvalue weighted by Gasteiger charge is 2.17. The fraction of sp³-hybridized carbons (Fsp3) is 0.235. The first-order valence-electron chi connectivity index (χ1n) is 7.53. The van der Waals surface area contributed by atoms with Crippen molar-refractivity contribution in [2.75, 3.05) is 0 Å². The highest BCUT2D eigenvalue weighted by molar-refractivity contribution is 6.07. The fourth-order valence-electron chi connectivity index (χ4n) is 2.59. The lowest BCUT2D eigenvalue weighted by Crippen LogP contribution is -2.20. The van der Waals surface area contributed by atoms with Gasteiger partial charge in [-0.25, -0.2) is 10.4 Å². The van der Waals surface area contributed by atoms with E-state index in [1.807, 2.05) is 40.0 Å². The Balaban J connectivity index is 1.95. The van der Waals surface area contributed by atoms with Crippen LogP contribution in [0.5, 0.6) is 0 Å². The molecule has 3 aromatic heterocycles. The number of rotatable bonds is 3. The van der Waals surface area contributed by atoms with Crippen LogP contribution < -0.4 is 5.43 Å². The van der Waals surface area contributed by atoms with Gasteiger partial charge in [-0.1, -0.05) is 6.07 Å². The molecule has 0 saturated carbocycles. The molecule has 0 aliphatic rings. The topological polar surface area (TPSA) is 85.1 Å². The van der Waals surface area contributed by atoms with Crippen LogP contribution in [0.4, 0.5) is 0 Å². The minimum absolute atomic E-state index is 0.287. The molecule has 0 radical (unpaired) electrons. The van der Waals surface area contributed by atoms with Gasteiger partial charge in [0, 0.05) is 30.7 Å². The Kier molecular flexibility index (Phi) is 4.07. The Morgan fingerprint density at radius 3 is 2.83 bits per heavy atom. The number of amides is 1. The molecule has 7 nitrogen and oxygen atoms in total. The molecular weight excluding hydrogens is 304 g/mol. The highest BCUT2D eigenvalue weighted by Crippen LogP contribution is 2.21. The van der Waals surface area contributed by atoms with E-state index >= 15 is 0 Å². The molecule has 24 heavy (non-hydrogen) atoms. The SMILES string of the molecule is CC(=NNC(=O)c1cc(C)nc2c1c(C)nn2C)c1cccnc1. The summed E-state index contributed by atoms with van der Waals surface area (Å²) in [4.78, 5) is 21.1. The van der Waals surface area contributed by atoms with Crippen LogP contribution in [0.2, 0.25) is 0 Å². The van der Waals surface area contributed by atoms with E-state index in [1.165, 1.54) is 0 Å². The normalized spacial score (nSPS) is 11.8. The van der Waals surface area contributed by atoms with E-state index in [-0.39, 0.29) is 5.91 Å². The number of hydrogen-bond acceptors (Lipinski definition) is 5. The average Bonchev–Trinajstić information content (AvgIpc) is 2.86. The van der Waals surface area contributed by atoms with Gasteiger partial charge in [-0.05, 0) is 32.9 Å². The first-order chi connectivity index (χ1) is 11.5. The van der Waals surface area contributed by atoms with Crippen LogP contribution >= 0.6 is 0 Å². The van der Waals surface area contributed by atoms with Crippen molar-refractivity contribution in [2.45, 2.75) is 20.8 Å². The number of fused-ring (bicyclic) bond motifs is 1. The van der Waals surface area contributed by atoms with Crippen molar-refractivity contribution in [2.24, 2.45) is 12.1 Å². The molecule has 0 fully saturated rings. The number of aryl methyl sites for hydroxylation is 3. The Morgan fingerprint density at radius 1 is 1.33 bits per heavy atom. The van der Waals surface area contributed by atoms with Crippen molar-refractivity contribution in [3.05, 3.63) is 53.1 Å². The minimum Gasteiger partial charge on any atom is -0.267 e. The number of carbonyl (C=O) groups excluding carboxylic acids is 1. The van der Waals surface area contributed by atoms with E-state index in [4.69, 9.17) is 0 Å². The lowest BCUT2D eigenvalue weighted by Gasteiger charge is -2.06. The van der Waals surface area contributed by atoms with Crippen LogP contribution in [0.3, 0.4) is 0 Å². The van der Waals surface area contributed by atoms with E-state index in [0.29, 0.717) is 16.9 Å². The van der Waals surface area contributed by atoms with E-state index < -0.39 is 0 Å². The maximum atomic E-state index is 12.6. The van der Waals surface area contributed by atoms with E-state index in [2.05, 4.69) is 25.6 Å². The van der Waals surface area contributed by atoms with Crippen LogP contribution in [-0.2, 0) is 7.05 Å². The van der Waals surface area contributed by atoms with Crippen LogP contribution in [0, 0.1) is 13.8 Å². The third-order valence-electron chi connectivity index (χ3n) is 3.75. The Labute approximate surface area is 139 Å². The Bertz CT molecular complexity index is 943. The van der Waals surface area contributed by atoms with Crippen molar-refractivity contribution in [1.29, 1.82) is 0 Å². The largest absolute Gasteiger partial charge is 0.272 e. The molecule has 0 aliphatic heterocycles. The molecule has 3 rings (SSSR count). The number of nitrogens with zero attached hydrogens (tertiary/aromatic N) is 5. The smallest absolute Gasteiger partial charge is 0.267 e. The number of nitrogens with one attached hydrogen (secondary N) is 1. The number of hydrogen-bond donors (Lipinski definition) is 1. The number of aromatic nitrogens is 4. The third-order valence-corrected chi connectivity index (χ3v) is 3.75. The molecule has 1 amide bonds. The summed E-state index contributed by atoms with van der Waals surface area (Å²) < 4.78 is 1.68. The third kappa shape index (κ3) is 2.88. The van der Waals surface area contributed by atoms with Gasteiger partial charge in [-0.2, -0.15) is 10.2 Å². The molecule has 122 valence electrons. The van der Waals surface area contributed by atoms with Crippen molar-refractivity contribution in [3.8, 4) is 0 Å². The molecule has 3 aromatic rings. The zero-order valence-electron chi connectivity index (χ0n) is 14.0. The fourth-order valence-corrected chi connectivity index (χ4v) is 2.59. The molecule has 0 atom stereocenters. The zero-order valence-corrected chi connectivity index (χ0v) is 14.0. The molecule has 0 aliphatic carbocycles. The summed E-state index contributed by atoms with van der Waals surface area (Å²) >= 11 is 0. The van der Waals surface area contributed by atoms with Gasteiger partial charge < -0.3 is 0 Å². The molecule has 3 heterocycles. The summed E-state index contributed by atoms with van der Waals surface area (Å²) in [6, 6.07) is 5.46. The second kappa shape index (κ2) is 6.19. The van der Waals surface area contributed by atoms with Crippen molar-refractivity contribution >= 4 is 22.7 Å². The predicted molar refractivity (Wildman–Crippen MR) is 91.9 cm³/mol. The van der Waals surface area contributed by atoms with Gasteiger partial charge in [0.2, 0.25) is 0 Å². The monoisotopic (exact) mass is 322 g/mol. The van der Waals surface area contributed by atoms with E-state index in [1.54, 1.807) is 23.1 Å². The highest BCUT2D eigenvalue weighted by atomic mass is 16.2.